The summed E-state index contributed by atoms with van der Waals surface area (Å²) in [6.45, 7) is 0.584. The van der Waals surface area contributed by atoms with Gasteiger partial charge in [-0.25, -0.2) is 4.68 Å². The Morgan fingerprint density at radius 3 is 2.31 bits per heavy atom. The first kappa shape index (κ1) is 18.6. The predicted molar refractivity (Wildman–Crippen MR) is 114 cm³/mol. The van der Waals surface area contributed by atoms with Gasteiger partial charge in [0.1, 0.15) is 5.69 Å². The van der Waals surface area contributed by atoms with Crippen molar-refractivity contribution in [3.05, 3.63) is 103 Å². The molecule has 0 N–H and O–H groups in total. The van der Waals surface area contributed by atoms with Crippen LogP contribution in [-0.2, 0) is 6.42 Å². The van der Waals surface area contributed by atoms with Gasteiger partial charge in [-0.3, -0.25) is 9.78 Å². The molecule has 0 saturated heterocycles. The number of para-hydroxylation sites is 1. The molecule has 0 saturated carbocycles. The number of nitrogens with zero attached hydrogens (tertiary/aromatic N) is 4. The smallest absolute Gasteiger partial charge is 0.257 e. The number of likely N-dealkylation sites (N-methyl/N-ethyl adjacent to an activating group) is 1. The summed E-state index contributed by atoms with van der Waals surface area (Å²) in [5, 5.41) is 4.73. The van der Waals surface area contributed by atoms with Crippen LogP contribution in [0.1, 0.15) is 16.1 Å². The fourth-order valence-corrected chi connectivity index (χ4v) is 3.19. The Labute approximate surface area is 170 Å². The van der Waals surface area contributed by atoms with Crippen LogP contribution in [0.3, 0.4) is 0 Å². The first-order chi connectivity index (χ1) is 14.2. The quantitative estimate of drug-likeness (QED) is 0.501. The van der Waals surface area contributed by atoms with E-state index in [1.165, 1.54) is 0 Å². The van der Waals surface area contributed by atoms with Crippen LogP contribution in [0.2, 0.25) is 0 Å². The van der Waals surface area contributed by atoms with Crippen LogP contribution in [0.25, 0.3) is 16.9 Å². The Kier molecular flexibility index (Phi) is 5.47. The second-order valence-corrected chi connectivity index (χ2v) is 6.84. The number of rotatable bonds is 6. The summed E-state index contributed by atoms with van der Waals surface area (Å²) in [5.74, 6) is -0.0537. The molecule has 2 heterocycles. The summed E-state index contributed by atoms with van der Waals surface area (Å²) >= 11 is 0. The monoisotopic (exact) mass is 382 g/mol. The molecular weight excluding hydrogens is 360 g/mol. The van der Waals surface area contributed by atoms with Crippen molar-refractivity contribution >= 4 is 5.91 Å². The first-order valence-electron chi connectivity index (χ1n) is 9.58. The third kappa shape index (κ3) is 4.24. The molecule has 1 amide bonds. The summed E-state index contributed by atoms with van der Waals surface area (Å²) in [6.07, 6.45) is 4.29. The molecule has 0 aliphatic rings. The average Bonchev–Trinajstić information content (AvgIpc) is 3.24. The summed E-state index contributed by atoms with van der Waals surface area (Å²) < 4.78 is 1.77. The molecule has 0 atom stereocenters. The van der Waals surface area contributed by atoms with Gasteiger partial charge < -0.3 is 4.90 Å². The fraction of sp³-hybridized carbons (Fsp3) is 0.125. The molecule has 144 valence electrons. The largest absolute Gasteiger partial charge is 0.341 e. The third-order valence-electron chi connectivity index (χ3n) is 4.79. The topological polar surface area (TPSA) is 51.0 Å². The fourth-order valence-electron chi connectivity index (χ4n) is 3.19. The maximum atomic E-state index is 13.3. The molecule has 2 aromatic heterocycles. The van der Waals surface area contributed by atoms with E-state index in [1.54, 1.807) is 15.8 Å². The number of carbonyl (C=O) groups is 1. The van der Waals surface area contributed by atoms with E-state index in [-0.39, 0.29) is 5.91 Å². The normalized spacial score (nSPS) is 10.7. The molecule has 0 bridgehead atoms. The van der Waals surface area contributed by atoms with Gasteiger partial charge in [0.05, 0.1) is 11.3 Å². The molecule has 0 radical (unpaired) electrons. The van der Waals surface area contributed by atoms with Gasteiger partial charge in [0.2, 0.25) is 0 Å². The lowest BCUT2D eigenvalue weighted by Gasteiger charge is -2.16. The Morgan fingerprint density at radius 1 is 0.931 bits per heavy atom. The van der Waals surface area contributed by atoms with E-state index >= 15 is 0 Å². The second kappa shape index (κ2) is 8.52. The molecule has 29 heavy (non-hydrogen) atoms. The molecule has 5 nitrogen and oxygen atoms in total. The van der Waals surface area contributed by atoms with E-state index in [2.05, 4.69) is 4.98 Å². The van der Waals surface area contributed by atoms with Gasteiger partial charge in [-0.15, -0.1) is 0 Å². The number of aromatic nitrogens is 3. The molecule has 0 unspecified atom stereocenters. The van der Waals surface area contributed by atoms with Crippen molar-refractivity contribution in [3.8, 4) is 16.9 Å². The van der Waals surface area contributed by atoms with E-state index in [4.69, 9.17) is 5.10 Å². The maximum Gasteiger partial charge on any atom is 0.257 e. The van der Waals surface area contributed by atoms with Gasteiger partial charge in [-0.05, 0) is 24.3 Å². The summed E-state index contributed by atoms with van der Waals surface area (Å²) in [6, 6.07) is 25.5. The molecule has 5 heteroatoms. The highest BCUT2D eigenvalue weighted by atomic mass is 16.2. The van der Waals surface area contributed by atoms with Crippen molar-refractivity contribution in [2.75, 3.05) is 13.6 Å². The first-order valence-corrected chi connectivity index (χ1v) is 9.58. The molecular formula is C24H22N4O. The Hall–Kier alpha value is -3.73. The summed E-state index contributed by atoms with van der Waals surface area (Å²) in [5.41, 5.74) is 4.08. The highest BCUT2D eigenvalue weighted by Crippen LogP contribution is 2.24. The number of benzene rings is 2. The zero-order valence-corrected chi connectivity index (χ0v) is 16.3. The van der Waals surface area contributed by atoms with Crippen LogP contribution in [-0.4, -0.2) is 39.2 Å². The zero-order chi connectivity index (χ0) is 20.1. The molecule has 0 fully saturated rings. The highest BCUT2D eigenvalue weighted by Gasteiger charge is 2.21. The SMILES string of the molecule is CN(CCc1ccccn1)C(=O)c1cn(-c2ccccc2)nc1-c1ccccc1. The van der Waals surface area contributed by atoms with Crippen molar-refractivity contribution in [2.45, 2.75) is 6.42 Å². The second-order valence-electron chi connectivity index (χ2n) is 6.84. The molecule has 0 aliphatic carbocycles. The summed E-state index contributed by atoms with van der Waals surface area (Å²) in [4.78, 5) is 19.3. The molecule has 0 aliphatic heterocycles. The van der Waals surface area contributed by atoms with Crippen LogP contribution >= 0.6 is 0 Å². The van der Waals surface area contributed by atoms with Gasteiger partial charge in [-0.2, -0.15) is 5.10 Å². The van der Waals surface area contributed by atoms with Gasteiger partial charge >= 0.3 is 0 Å². The van der Waals surface area contributed by atoms with Crippen molar-refractivity contribution in [1.82, 2.24) is 19.7 Å². The van der Waals surface area contributed by atoms with Crippen molar-refractivity contribution in [1.29, 1.82) is 0 Å². The maximum absolute atomic E-state index is 13.3. The number of pyridine rings is 1. The van der Waals surface area contributed by atoms with E-state index in [1.807, 2.05) is 92.1 Å². The van der Waals surface area contributed by atoms with E-state index in [9.17, 15) is 4.79 Å². The zero-order valence-electron chi connectivity index (χ0n) is 16.3. The van der Waals surface area contributed by atoms with Crippen LogP contribution in [0.15, 0.2) is 91.3 Å². The number of carbonyl (C=O) groups excluding carboxylic acids is 1. The molecule has 0 spiro atoms. The predicted octanol–water partition coefficient (Wildman–Crippen LogP) is 4.25. The average molecular weight is 382 g/mol. The lowest BCUT2D eigenvalue weighted by atomic mass is 10.1. The van der Waals surface area contributed by atoms with Crippen LogP contribution in [0.5, 0.6) is 0 Å². The minimum atomic E-state index is -0.0537. The van der Waals surface area contributed by atoms with Gasteiger partial charge in [0, 0.05) is 43.7 Å². The molecule has 2 aromatic carbocycles. The van der Waals surface area contributed by atoms with Crippen LogP contribution in [0.4, 0.5) is 0 Å². The number of hydrogen-bond donors (Lipinski definition) is 0. The standard InChI is InChI=1S/C24H22N4O/c1-27(17-15-20-12-8-9-16-25-20)24(29)22-18-28(21-13-6-3-7-14-21)26-23(22)19-10-4-2-5-11-19/h2-14,16,18H,15,17H2,1H3. The van der Waals surface area contributed by atoms with E-state index < -0.39 is 0 Å². The Morgan fingerprint density at radius 2 is 1.62 bits per heavy atom. The highest BCUT2D eigenvalue weighted by molar-refractivity contribution is 5.99. The minimum absolute atomic E-state index is 0.0537. The van der Waals surface area contributed by atoms with E-state index in [0.29, 0.717) is 24.2 Å². The lowest BCUT2D eigenvalue weighted by Crippen LogP contribution is -2.29. The van der Waals surface area contributed by atoms with Crippen LogP contribution < -0.4 is 0 Å². The Balaban J connectivity index is 1.64. The van der Waals surface area contributed by atoms with Crippen molar-refractivity contribution < 1.29 is 4.79 Å². The number of hydrogen-bond acceptors (Lipinski definition) is 3. The van der Waals surface area contributed by atoms with Gasteiger partial charge in [-0.1, -0.05) is 54.6 Å². The minimum Gasteiger partial charge on any atom is -0.341 e. The van der Waals surface area contributed by atoms with Gasteiger partial charge in [0.25, 0.3) is 5.91 Å². The number of amides is 1. The molecule has 4 rings (SSSR count). The Bertz CT molecular complexity index is 1080. The van der Waals surface area contributed by atoms with Crippen molar-refractivity contribution in [3.63, 3.8) is 0 Å². The molecule has 4 aromatic rings. The van der Waals surface area contributed by atoms with E-state index in [0.717, 1.165) is 16.9 Å². The van der Waals surface area contributed by atoms with Crippen molar-refractivity contribution in [2.24, 2.45) is 0 Å². The van der Waals surface area contributed by atoms with Gasteiger partial charge in [0.15, 0.2) is 0 Å². The van der Waals surface area contributed by atoms with Crippen LogP contribution in [0, 0.1) is 0 Å². The lowest BCUT2D eigenvalue weighted by molar-refractivity contribution is 0.0797. The third-order valence-corrected chi connectivity index (χ3v) is 4.79. The summed E-state index contributed by atoms with van der Waals surface area (Å²) in [7, 11) is 1.82.